The summed E-state index contributed by atoms with van der Waals surface area (Å²) in [6, 6.07) is 6.39. The van der Waals surface area contributed by atoms with Crippen LogP contribution in [0.25, 0.3) is 0 Å². The van der Waals surface area contributed by atoms with Gasteiger partial charge in [-0.2, -0.15) is 0 Å². The molecule has 2 aromatic rings. The molecule has 7 nitrogen and oxygen atoms in total. The van der Waals surface area contributed by atoms with Gasteiger partial charge < -0.3 is 14.6 Å². The number of hydrogen-bond acceptors (Lipinski definition) is 6. The van der Waals surface area contributed by atoms with E-state index in [0.29, 0.717) is 18.0 Å². The first kappa shape index (κ1) is 14.8. The van der Waals surface area contributed by atoms with Crippen LogP contribution < -0.4 is 10.1 Å². The van der Waals surface area contributed by atoms with E-state index in [1.165, 1.54) is 12.1 Å². The third-order valence-electron chi connectivity index (χ3n) is 2.62. The van der Waals surface area contributed by atoms with Crippen LogP contribution >= 0.6 is 0 Å². The molecule has 0 amide bonds. The van der Waals surface area contributed by atoms with Crippen molar-refractivity contribution in [1.82, 2.24) is 5.16 Å². The number of hydrogen-bond donors (Lipinski definition) is 1. The van der Waals surface area contributed by atoms with Gasteiger partial charge in [-0.15, -0.1) is 0 Å². The van der Waals surface area contributed by atoms with Crippen molar-refractivity contribution in [2.75, 3.05) is 5.32 Å². The van der Waals surface area contributed by atoms with Crippen LogP contribution in [0.3, 0.4) is 0 Å². The Bertz CT molecular complexity index is 637. The Morgan fingerprint density at radius 1 is 1.38 bits per heavy atom. The summed E-state index contributed by atoms with van der Waals surface area (Å²) in [6.45, 7) is 5.95. The van der Waals surface area contributed by atoms with Crippen LogP contribution in [0, 0.1) is 17.0 Å². The second-order valence-electron chi connectivity index (χ2n) is 4.92. The SMILES string of the molecule is Cc1cc(CNc2cc(OC(C)C)cc([N+](=O)[O-])c2)no1. The summed E-state index contributed by atoms with van der Waals surface area (Å²) in [5.74, 6) is 1.17. The summed E-state index contributed by atoms with van der Waals surface area (Å²) in [5.41, 5.74) is 1.30. The fourth-order valence-corrected chi connectivity index (χ4v) is 1.82. The molecule has 1 N–H and O–H groups in total. The lowest BCUT2D eigenvalue weighted by Gasteiger charge is -2.11. The third kappa shape index (κ3) is 4.20. The van der Waals surface area contributed by atoms with E-state index in [-0.39, 0.29) is 11.8 Å². The van der Waals surface area contributed by atoms with Crippen LogP contribution in [0.4, 0.5) is 11.4 Å². The number of non-ortho nitro benzene ring substituents is 1. The van der Waals surface area contributed by atoms with Crippen LogP contribution in [-0.4, -0.2) is 16.2 Å². The highest BCUT2D eigenvalue weighted by atomic mass is 16.6. The molecule has 0 aliphatic carbocycles. The number of nitrogens with zero attached hydrogens (tertiary/aromatic N) is 2. The summed E-state index contributed by atoms with van der Waals surface area (Å²) in [6.07, 6.45) is -0.0574. The fraction of sp³-hybridized carbons (Fsp3) is 0.357. The molecule has 0 atom stereocenters. The highest BCUT2D eigenvalue weighted by Gasteiger charge is 2.12. The van der Waals surface area contributed by atoms with E-state index in [0.717, 1.165) is 11.5 Å². The predicted octanol–water partition coefficient (Wildman–Crippen LogP) is 3.29. The Morgan fingerprint density at radius 3 is 2.71 bits per heavy atom. The number of ether oxygens (including phenoxy) is 1. The van der Waals surface area contributed by atoms with Crippen molar-refractivity contribution >= 4 is 11.4 Å². The third-order valence-corrected chi connectivity index (χ3v) is 2.62. The largest absolute Gasteiger partial charge is 0.491 e. The Labute approximate surface area is 122 Å². The zero-order valence-electron chi connectivity index (χ0n) is 12.1. The number of nitro groups is 1. The van der Waals surface area contributed by atoms with Gasteiger partial charge in [-0.25, -0.2) is 0 Å². The Kier molecular flexibility index (Phi) is 4.42. The topological polar surface area (TPSA) is 90.4 Å². The minimum absolute atomic E-state index is 0.0213. The lowest BCUT2D eigenvalue weighted by atomic mass is 10.2. The van der Waals surface area contributed by atoms with Gasteiger partial charge >= 0.3 is 0 Å². The first-order chi connectivity index (χ1) is 9.94. The Hall–Kier alpha value is -2.57. The van der Waals surface area contributed by atoms with Gasteiger partial charge in [0, 0.05) is 23.9 Å². The van der Waals surface area contributed by atoms with Gasteiger partial charge in [0.15, 0.2) is 0 Å². The standard InChI is InChI=1S/C14H17N3O4/c1-9(2)20-14-6-11(5-13(7-14)17(18)19)15-8-12-4-10(3)21-16-12/h4-7,9,15H,8H2,1-3H3. The second-order valence-corrected chi connectivity index (χ2v) is 4.92. The molecular formula is C14H17N3O4. The summed E-state index contributed by atoms with van der Waals surface area (Å²) >= 11 is 0. The monoisotopic (exact) mass is 291 g/mol. The maximum Gasteiger partial charge on any atom is 0.275 e. The molecule has 0 saturated carbocycles. The van der Waals surface area contributed by atoms with E-state index in [2.05, 4.69) is 10.5 Å². The van der Waals surface area contributed by atoms with Crippen molar-refractivity contribution in [2.24, 2.45) is 0 Å². The molecular weight excluding hydrogens is 274 g/mol. The van der Waals surface area contributed by atoms with Gasteiger partial charge in [-0.3, -0.25) is 10.1 Å². The number of nitro benzene ring substituents is 1. The van der Waals surface area contributed by atoms with Crippen LogP contribution in [0.2, 0.25) is 0 Å². The molecule has 0 saturated heterocycles. The first-order valence-corrected chi connectivity index (χ1v) is 6.56. The van der Waals surface area contributed by atoms with E-state index < -0.39 is 4.92 Å². The Balaban J connectivity index is 2.16. The number of nitrogens with one attached hydrogen (secondary N) is 1. The van der Waals surface area contributed by atoms with E-state index in [1.807, 2.05) is 13.8 Å². The average Bonchev–Trinajstić information content (AvgIpc) is 2.81. The Morgan fingerprint density at radius 2 is 2.14 bits per heavy atom. The summed E-state index contributed by atoms with van der Waals surface area (Å²) < 4.78 is 10.5. The van der Waals surface area contributed by atoms with Crippen molar-refractivity contribution in [3.63, 3.8) is 0 Å². The van der Waals surface area contributed by atoms with E-state index in [9.17, 15) is 10.1 Å². The molecule has 0 bridgehead atoms. The maximum atomic E-state index is 11.0. The van der Waals surface area contributed by atoms with E-state index in [4.69, 9.17) is 9.26 Å². The molecule has 21 heavy (non-hydrogen) atoms. The van der Waals surface area contributed by atoms with Crippen molar-refractivity contribution in [2.45, 2.75) is 33.4 Å². The number of anilines is 1. The van der Waals surface area contributed by atoms with Crippen LogP contribution in [0.5, 0.6) is 5.75 Å². The average molecular weight is 291 g/mol. The van der Waals surface area contributed by atoms with Gasteiger partial charge in [-0.05, 0) is 20.8 Å². The zero-order valence-corrected chi connectivity index (χ0v) is 12.1. The lowest BCUT2D eigenvalue weighted by Crippen LogP contribution is -2.07. The molecule has 1 aromatic carbocycles. The highest BCUT2D eigenvalue weighted by Crippen LogP contribution is 2.27. The first-order valence-electron chi connectivity index (χ1n) is 6.56. The smallest absolute Gasteiger partial charge is 0.275 e. The van der Waals surface area contributed by atoms with Crippen LogP contribution in [0.1, 0.15) is 25.3 Å². The van der Waals surface area contributed by atoms with Gasteiger partial charge in [0.05, 0.1) is 23.6 Å². The molecule has 0 aliphatic rings. The molecule has 0 spiro atoms. The summed E-state index contributed by atoms with van der Waals surface area (Å²) in [7, 11) is 0. The van der Waals surface area contributed by atoms with Crippen molar-refractivity contribution < 1.29 is 14.2 Å². The van der Waals surface area contributed by atoms with Gasteiger partial charge in [-0.1, -0.05) is 5.16 Å². The molecule has 1 heterocycles. The molecule has 0 radical (unpaired) electrons. The maximum absolute atomic E-state index is 11.0. The number of benzene rings is 1. The molecule has 7 heteroatoms. The predicted molar refractivity (Wildman–Crippen MR) is 77.4 cm³/mol. The normalized spacial score (nSPS) is 10.7. The van der Waals surface area contributed by atoms with Crippen molar-refractivity contribution in [3.05, 3.63) is 45.8 Å². The molecule has 2 rings (SSSR count). The van der Waals surface area contributed by atoms with Crippen LogP contribution in [0.15, 0.2) is 28.8 Å². The molecule has 1 aromatic heterocycles. The second kappa shape index (κ2) is 6.25. The molecule has 0 aliphatic heterocycles. The van der Waals surface area contributed by atoms with Gasteiger partial charge in [0.1, 0.15) is 17.2 Å². The van der Waals surface area contributed by atoms with Crippen LogP contribution in [-0.2, 0) is 6.54 Å². The number of aryl methyl sites for hydroxylation is 1. The fourth-order valence-electron chi connectivity index (χ4n) is 1.82. The summed E-state index contributed by atoms with van der Waals surface area (Å²) in [5, 5.41) is 17.9. The highest BCUT2D eigenvalue weighted by molar-refractivity contribution is 5.56. The van der Waals surface area contributed by atoms with Crippen molar-refractivity contribution in [3.8, 4) is 5.75 Å². The number of rotatable bonds is 6. The van der Waals surface area contributed by atoms with E-state index >= 15 is 0 Å². The van der Waals surface area contributed by atoms with E-state index in [1.54, 1.807) is 19.1 Å². The quantitative estimate of drug-likeness (QED) is 0.648. The van der Waals surface area contributed by atoms with Gasteiger partial charge in [0.25, 0.3) is 5.69 Å². The number of aromatic nitrogens is 1. The summed E-state index contributed by atoms with van der Waals surface area (Å²) in [4.78, 5) is 10.5. The van der Waals surface area contributed by atoms with Gasteiger partial charge in [0.2, 0.25) is 0 Å². The molecule has 112 valence electrons. The molecule has 0 fully saturated rings. The minimum Gasteiger partial charge on any atom is -0.491 e. The minimum atomic E-state index is -0.446. The lowest BCUT2D eigenvalue weighted by molar-refractivity contribution is -0.384. The zero-order chi connectivity index (χ0) is 15.4. The van der Waals surface area contributed by atoms with Crippen molar-refractivity contribution in [1.29, 1.82) is 0 Å². The molecule has 0 unspecified atom stereocenters.